The average Bonchev–Trinajstić information content (AvgIpc) is 3.69. The van der Waals surface area contributed by atoms with Gasteiger partial charge < -0.3 is 50.6 Å². The lowest BCUT2D eigenvalue weighted by molar-refractivity contribution is -0.0597. The quantitative estimate of drug-likeness (QED) is 0.130. The molecule has 210 valence electrons. The Morgan fingerprint density at radius 3 is 1.62 bits per heavy atom. The van der Waals surface area contributed by atoms with Crippen LogP contribution in [0.15, 0.2) is 0 Å². The number of esters is 1. The molecule has 2 fully saturated rings. The molecule has 1 amide bonds. The Hall–Kier alpha value is -3.98. The zero-order valence-corrected chi connectivity index (χ0v) is 20.2. The number of hydrogen-bond acceptors (Lipinski definition) is 15. The van der Waals surface area contributed by atoms with E-state index < -0.39 is 74.2 Å². The molecule has 18 heteroatoms. The lowest BCUT2D eigenvalue weighted by Gasteiger charge is -2.15. The van der Waals surface area contributed by atoms with Crippen LogP contribution < -0.4 is 5.73 Å². The third kappa shape index (κ3) is 5.45. The Bertz CT molecular complexity index is 1280. The predicted octanol–water partition coefficient (Wildman–Crippen LogP) is -5.37. The van der Waals surface area contributed by atoms with Gasteiger partial charge in [0.05, 0.1) is 20.3 Å². The molecule has 2 aliphatic rings. The van der Waals surface area contributed by atoms with E-state index in [1.54, 1.807) is 0 Å². The molecule has 2 saturated heterocycles. The van der Waals surface area contributed by atoms with Crippen molar-refractivity contribution in [2.24, 2.45) is 5.73 Å². The number of aliphatic hydroxyl groups excluding tert-OH is 6. The Morgan fingerprint density at radius 1 is 0.872 bits per heavy atom. The number of aromatic nitrogens is 6. The third-order valence-electron chi connectivity index (χ3n) is 5.79. The molecule has 2 aromatic rings. The first-order valence-electron chi connectivity index (χ1n) is 11.0. The summed E-state index contributed by atoms with van der Waals surface area (Å²) in [6.07, 6.45) is 0.923. The minimum Gasteiger partial charge on any atom is -0.464 e. The van der Waals surface area contributed by atoms with Crippen LogP contribution in [0.25, 0.3) is 0 Å². The van der Waals surface area contributed by atoms with Gasteiger partial charge in [0.15, 0.2) is 18.1 Å². The molecule has 0 bridgehead atoms. The van der Waals surface area contributed by atoms with Crippen molar-refractivity contribution in [2.75, 3.05) is 20.3 Å². The minimum absolute atomic E-state index is 0.0494. The number of methoxy groups -OCH3 is 1. The molecule has 0 saturated carbocycles. The van der Waals surface area contributed by atoms with Gasteiger partial charge >= 0.3 is 5.97 Å². The van der Waals surface area contributed by atoms with Crippen LogP contribution in [0, 0.1) is 24.7 Å². The molecule has 39 heavy (non-hydrogen) atoms. The van der Waals surface area contributed by atoms with Crippen molar-refractivity contribution in [1.29, 1.82) is 0 Å². The van der Waals surface area contributed by atoms with Crippen molar-refractivity contribution in [2.45, 2.75) is 49.1 Å². The predicted molar refractivity (Wildman–Crippen MR) is 122 cm³/mol. The second-order valence-electron chi connectivity index (χ2n) is 8.06. The highest BCUT2D eigenvalue weighted by Gasteiger charge is 2.46. The van der Waals surface area contributed by atoms with E-state index in [9.17, 15) is 30.0 Å². The van der Waals surface area contributed by atoms with E-state index in [2.05, 4.69) is 37.2 Å². The molecular weight excluding hydrogens is 526 g/mol. The Balaban J connectivity index is 0.000000216. The number of amides is 1. The second-order valence-corrected chi connectivity index (χ2v) is 8.06. The van der Waals surface area contributed by atoms with Crippen molar-refractivity contribution in [3.05, 3.63) is 22.8 Å². The molecule has 0 spiro atoms. The molecule has 0 aliphatic carbocycles. The Labute approximate surface area is 219 Å². The van der Waals surface area contributed by atoms with E-state index in [-0.39, 0.29) is 22.8 Å². The fraction of sp³-hybridized carbons (Fsp3) is 0.524. The number of nitrogens with two attached hydrogens (primary N) is 1. The maximum Gasteiger partial charge on any atom is 0.361 e. The van der Waals surface area contributed by atoms with Crippen LogP contribution in [0.2, 0.25) is 0 Å². The molecule has 0 aromatic carbocycles. The van der Waals surface area contributed by atoms with Gasteiger partial charge in [-0.15, -0.1) is 23.0 Å². The first-order chi connectivity index (χ1) is 18.6. The van der Waals surface area contributed by atoms with Crippen molar-refractivity contribution in [1.82, 2.24) is 30.0 Å². The van der Waals surface area contributed by atoms with Gasteiger partial charge in [-0.05, 0) is 11.8 Å². The van der Waals surface area contributed by atoms with Crippen LogP contribution in [0.3, 0.4) is 0 Å². The number of carbonyl (C=O) groups is 2. The highest BCUT2D eigenvalue weighted by atomic mass is 16.6. The molecule has 4 rings (SSSR count). The number of nitrogens with zero attached hydrogens (tertiary/aromatic N) is 6. The number of hydrogen-bond donors (Lipinski definition) is 7. The number of primary amides is 1. The molecular formula is C21H25N7O11. The third-order valence-corrected chi connectivity index (χ3v) is 5.79. The van der Waals surface area contributed by atoms with Crippen LogP contribution in [-0.2, 0) is 14.2 Å². The van der Waals surface area contributed by atoms with Gasteiger partial charge in [-0.3, -0.25) is 4.79 Å². The first-order valence-corrected chi connectivity index (χ1v) is 11.0. The second kappa shape index (κ2) is 12.3. The molecule has 8 N–H and O–H groups in total. The van der Waals surface area contributed by atoms with E-state index >= 15 is 0 Å². The summed E-state index contributed by atoms with van der Waals surface area (Å²) in [5, 5.41) is 71.3. The maximum atomic E-state index is 11.5. The highest BCUT2D eigenvalue weighted by Crippen LogP contribution is 2.31. The van der Waals surface area contributed by atoms with Crippen LogP contribution >= 0.6 is 0 Å². The van der Waals surface area contributed by atoms with E-state index in [0.717, 1.165) is 16.5 Å². The van der Waals surface area contributed by atoms with Crippen molar-refractivity contribution >= 4 is 11.9 Å². The van der Waals surface area contributed by atoms with E-state index in [4.69, 9.17) is 38.3 Å². The van der Waals surface area contributed by atoms with Gasteiger partial charge in [0, 0.05) is 0 Å². The zero-order valence-electron chi connectivity index (χ0n) is 20.2. The summed E-state index contributed by atoms with van der Waals surface area (Å²) < 4.78 is 16.9. The fourth-order valence-electron chi connectivity index (χ4n) is 3.78. The van der Waals surface area contributed by atoms with Crippen LogP contribution in [-0.4, -0.2) is 129 Å². The van der Waals surface area contributed by atoms with Gasteiger partial charge in [-0.25, -0.2) is 14.2 Å². The van der Waals surface area contributed by atoms with Crippen molar-refractivity contribution in [3.8, 4) is 24.7 Å². The van der Waals surface area contributed by atoms with Gasteiger partial charge in [0.25, 0.3) is 5.91 Å². The lowest BCUT2D eigenvalue weighted by Crippen LogP contribution is -2.33. The average molecular weight is 551 g/mol. The molecule has 2 aromatic heterocycles. The van der Waals surface area contributed by atoms with Crippen LogP contribution in [0.1, 0.15) is 44.8 Å². The summed E-state index contributed by atoms with van der Waals surface area (Å²) in [6.45, 7) is -0.976. The summed E-state index contributed by atoms with van der Waals surface area (Å²) in [5.41, 5.74) is 4.52. The number of carbonyl (C=O) groups excluding carboxylic acids is 2. The Morgan fingerprint density at radius 2 is 1.28 bits per heavy atom. The highest BCUT2D eigenvalue weighted by molar-refractivity contribution is 5.92. The summed E-state index contributed by atoms with van der Waals surface area (Å²) >= 11 is 0. The van der Waals surface area contributed by atoms with E-state index in [1.165, 1.54) is 0 Å². The summed E-state index contributed by atoms with van der Waals surface area (Å²) in [6, 6.07) is 0. The van der Waals surface area contributed by atoms with E-state index in [1.807, 2.05) is 0 Å². The van der Waals surface area contributed by atoms with E-state index in [0.29, 0.717) is 0 Å². The lowest BCUT2D eigenvalue weighted by atomic mass is 10.1. The Kier molecular flexibility index (Phi) is 9.29. The molecule has 2 aliphatic heterocycles. The molecule has 18 nitrogen and oxygen atoms in total. The van der Waals surface area contributed by atoms with Crippen molar-refractivity contribution < 1.29 is 54.4 Å². The van der Waals surface area contributed by atoms with Crippen LogP contribution in [0.5, 0.6) is 0 Å². The van der Waals surface area contributed by atoms with Gasteiger partial charge in [-0.1, -0.05) is 10.4 Å². The summed E-state index contributed by atoms with van der Waals surface area (Å²) in [5.74, 6) is 2.73. The monoisotopic (exact) mass is 551 g/mol. The normalized spacial score (nSPS) is 29.7. The molecule has 0 radical (unpaired) electrons. The number of ether oxygens (including phenoxy) is 3. The zero-order chi connectivity index (χ0) is 29.0. The minimum atomic E-state index is -1.37. The first kappa shape index (κ1) is 29.6. The molecule has 0 unspecified atom stereocenters. The molecule has 8 atom stereocenters. The fourth-order valence-corrected chi connectivity index (χ4v) is 3.78. The van der Waals surface area contributed by atoms with Gasteiger partial charge in [-0.2, -0.15) is 0 Å². The van der Waals surface area contributed by atoms with Crippen molar-refractivity contribution in [3.63, 3.8) is 0 Å². The van der Waals surface area contributed by atoms with Gasteiger partial charge in [0.2, 0.25) is 5.69 Å². The number of rotatable bonds is 6. The standard InChI is InChI=1S/C11H13N3O6.C10H12N4O5/c1-3-5-7(11(18)19-2)12-13-14(5)10-9(17)8(16)6(4-15)20-10;1-2-4-6(9(11)18)12-13-14(4)10-8(17)7(16)5(3-15)19-10/h1,6,8-10,15-17H,4H2,2H3;1,5,7-8,10,15-17H,3H2,(H2,11,18)/t6-,8-,9-,10-;5-,7-,8-,10-/m11/s1. The smallest absolute Gasteiger partial charge is 0.361 e. The molecule has 4 heterocycles. The van der Waals surface area contributed by atoms with Gasteiger partial charge in [0.1, 0.15) is 48.0 Å². The van der Waals surface area contributed by atoms with Crippen LogP contribution in [0.4, 0.5) is 0 Å². The maximum absolute atomic E-state index is 11.5. The summed E-state index contributed by atoms with van der Waals surface area (Å²) in [4.78, 5) is 22.6. The number of terminal acetylenes is 2. The topological polar surface area (TPSA) is 271 Å². The summed E-state index contributed by atoms with van der Waals surface area (Å²) in [7, 11) is 1.16. The largest absolute Gasteiger partial charge is 0.464 e. The number of aliphatic hydroxyl groups is 6. The SMILES string of the molecule is C#Cc1c(C(=O)OC)nnn1[C@@H]1O[C@H](CO)[C@@H](O)[C@H]1O.C#Cc1c(C(N)=O)nnn1[C@@H]1O[C@H](CO)[C@@H](O)[C@H]1O.